The minimum Gasteiger partial charge on any atom is -0.350 e. The largest absolute Gasteiger partial charge is 0.350 e. The van der Waals surface area contributed by atoms with Crippen molar-refractivity contribution in [3.8, 4) is 6.07 Å². The van der Waals surface area contributed by atoms with Gasteiger partial charge in [0, 0.05) is 18.9 Å². The maximum Gasteiger partial charge on any atom is 0.0927 e. The van der Waals surface area contributed by atoms with E-state index in [1.54, 1.807) is 6.42 Å². The van der Waals surface area contributed by atoms with Crippen LogP contribution < -0.4 is 0 Å². The molecule has 73 valence electrons. The molecule has 0 atom stereocenters. The van der Waals surface area contributed by atoms with Crippen LogP contribution in [-0.4, -0.2) is 4.57 Å². The highest BCUT2D eigenvalue weighted by molar-refractivity contribution is 5.27. The summed E-state index contributed by atoms with van der Waals surface area (Å²) in [5, 5.41) is 8.50. The molecular weight excluding hydrogens is 184 g/mol. The van der Waals surface area contributed by atoms with Gasteiger partial charge in [-0.25, -0.2) is 0 Å². The van der Waals surface area contributed by atoms with Crippen LogP contribution in [0, 0.1) is 17.8 Å². The first kappa shape index (κ1) is 9.54. The Morgan fingerprint density at radius 1 is 1.20 bits per heavy atom. The second kappa shape index (κ2) is 4.47. The highest BCUT2D eigenvalue weighted by Crippen LogP contribution is 2.07. The molecule has 0 unspecified atom stereocenters. The number of benzene rings is 1. The van der Waals surface area contributed by atoms with E-state index < -0.39 is 0 Å². The molecule has 2 aromatic rings. The highest BCUT2D eigenvalue weighted by Gasteiger charge is 1.97. The van der Waals surface area contributed by atoms with E-state index in [1.807, 2.05) is 42.7 Å². The quantitative estimate of drug-likeness (QED) is 0.740. The number of nitriles is 1. The van der Waals surface area contributed by atoms with E-state index in [1.165, 1.54) is 5.56 Å². The minimum absolute atomic E-state index is 0.847. The maximum absolute atomic E-state index is 8.50. The zero-order valence-corrected chi connectivity index (χ0v) is 8.30. The van der Waals surface area contributed by atoms with Crippen molar-refractivity contribution in [2.75, 3.05) is 0 Å². The van der Waals surface area contributed by atoms with E-state index in [0.29, 0.717) is 0 Å². The summed E-state index contributed by atoms with van der Waals surface area (Å²) in [5.74, 6) is 0. The second-order valence-corrected chi connectivity index (χ2v) is 3.38. The van der Waals surface area contributed by atoms with Crippen LogP contribution in [0.1, 0.15) is 11.1 Å². The zero-order chi connectivity index (χ0) is 10.5. The lowest BCUT2D eigenvalue weighted by molar-refractivity contribution is 0.805. The summed E-state index contributed by atoms with van der Waals surface area (Å²) in [6.45, 7) is 0.847. The fraction of sp³-hybridized carbons (Fsp3) is 0.0769. The predicted molar refractivity (Wildman–Crippen MR) is 59.0 cm³/mol. The van der Waals surface area contributed by atoms with E-state index in [0.717, 1.165) is 12.1 Å². The molecular formula is C13H11N2. The van der Waals surface area contributed by atoms with Gasteiger partial charge >= 0.3 is 0 Å². The number of aromatic nitrogens is 1. The van der Waals surface area contributed by atoms with E-state index in [2.05, 4.69) is 16.7 Å². The second-order valence-electron chi connectivity index (χ2n) is 3.38. The molecule has 0 fully saturated rings. The summed E-state index contributed by atoms with van der Waals surface area (Å²) < 4.78 is 2.07. The van der Waals surface area contributed by atoms with E-state index >= 15 is 0 Å². The van der Waals surface area contributed by atoms with Gasteiger partial charge < -0.3 is 4.57 Å². The lowest BCUT2D eigenvalue weighted by atomic mass is 10.2. The van der Waals surface area contributed by atoms with Crippen molar-refractivity contribution in [1.29, 1.82) is 5.26 Å². The monoisotopic (exact) mass is 195 g/mol. The summed E-state index contributed by atoms with van der Waals surface area (Å²) in [5.41, 5.74) is 2.21. The normalized spacial score (nSPS) is 9.80. The molecule has 0 bridgehead atoms. The summed E-state index contributed by atoms with van der Waals surface area (Å²) in [6.07, 6.45) is 5.49. The van der Waals surface area contributed by atoms with Crippen LogP contribution in [0.4, 0.5) is 0 Å². The molecule has 15 heavy (non-hydrogen) atoms. The van der Waals surface area contributed by atoms with Gasteiger partial charge in [0.05, 0.1) is 12.5 Å². The van der Waals surface area contributed by atoms with Gasteiger partial charge in [0.15, 0.2) is 0 Å². The Morgan fingerprint density at radius 2 is 2.00 bits per heavy atom. The van der Waals surface area contributed by atoms with E-state index in [9.17, 15) is 0 Å². The van der Waals surface area contributed by atoms with Gasteiger partial charge in [0.1, 0.15) is 0 Å². The van der Waals surface area contributed by atoms with Crippen molar-refractivity contribution >= 4 is 0 Å². The fourth-order valence-electron chi connectivity index (χ4n) is 1.51. The summed E-state index contributed by atoms with van der Waals surface area (Å²) >= 11 is 0. The summed E-state index contributed by atoms with van der Waals surface area (Å²) in [7, 11) is 0. The molecule has 0 saturated heterocycles. The van der Waals surface area contributed by atoms with E-state index in [-0.39, 0.29) is 0 Å². The van der Waals surface area contributed by atoms with Crippen LogP contribution in [0.5, 0.6) is 0 Å². The molecule has 1 aromatic heterocycles. The number of rotatable bonds is 3. The van der Waals surface area contributed by atoms with Gasteiger partial charge in [-0.3, -0.25) is 0 Å². The lowest BCUT2D eigenvalue weighted by Gasteiger charge is -2.01. The molecule has 0 saturated carbocycles. The Bertz CT molecular complexity index is 463. The molecule has 2 nitrogen and oxygen atoms in total. The fourth-order valence-corrected chi connectivity index (χ4v) is 1.51. The van der Waals surface area contributed by atoms with Crippen LogP contribution in [0.2, 0.25) is 0 Å². The predicted octanol–water partition coefficient (Wildman–Crippen LogP) is 2.61. The molecule has 2 heteroatoms. The molecule has 1 radical (unpaired) electrons. The first-order valence-electron chi connectivity index (χ1n) is 4.81. The third kappa shape index (κ3) is 2.47. The van der Waals surface area contributed by atoms with Crippen LogP contribution >= 0.6 is 0 Å². The number of hydrogen-bond acceptors (Lipinski definition) is 1. The molecule has 0 aliphatic carbocycles. The molecule has 1 heterocycles. The van der Waals surface area contributed by atoms with Crippen LogP contribution in [0.15, 0.2) is 48.8 Å². The van der Waals surface area contributed by atoms with Gasteiger partial charge in [-0.15, -0.1) is 0 Å². The van der Waals surface area contributed by atoms with Gasteiger partial charge in [-0.2, -0.15) is 5.26 Å². The highest BCUT2D eigenvalue weighted by atomic mass is 14.9. The molecule has 0 amide bonds. The zero-order valence-electron chi connectivity index (χ0n) is 8.30. The standard InChI is InChI=1S/C13H11N2/c14-8-6-13-7-9-15(11-13)10-12-4-2-1-3-5-12/h1-7,9,11H,10H2. The molecule has 0 aliphatic rings. The summed E-state index contributed by atoms with van der Waals surface area (Å²) in [6, 6.07) is 14.2. The first-order valence-corrected chi connectivity index (χ1v) is 4.81. The Balaban J connectivity index is 2.09. The van der Waals surface area contributed by atoms with Crippen molar-refractivity contribution in [3.05, 3.63) is 66.3 Å². The van der Waals surface area contributed by atoms with Crippen LogP contribution in [0.25, 0.3) is 0 Å². The van der Waals surface area contributed by atoms with Crippen molar-refractivity contribution in [2.24, 2.45) is 0 Å². The third-order valence-corrected chi connectivity index (χ3v) is 2.21. The van der Waals surface area contributed by atoms with E-state index in [4.69, 9.17) is 5.26 Å². The molecule has 1 aromatic carbocycles. The average Bonchev–Trinajstić information content (AvgIpc) is 2.68. The van der Waals surface area contributed by atoms with Gasteiger partial charge in [0.25, 0.3) is 0 Å². The molecule has 0 aliphatic heterocycles. The SMILES string of the molecule is N#C[CH]c1ccn(Cc2ccccc2)c1. The van der Waals surface area contributed by atoms with Gasteiger partial charge in [-0.05, 0) is 17.2 Å². The van der Waals surface area contributed by atoms with Crippen molar-refractivity contribution in [2.45, 2.75) is 6.54 Å². The first-order chi connectivity index (χ1) is 7.38. The minimum atomic E-state index is 0.847. The lowest BCUT2D eigenvalue weighted by Crippen LogP contribution is -1.95. The Labute approximate surface area is 89.4 Å². The number of nitrogens with zero attached hydrogens (tertiary/aromatic N) is 2. The van der Waals surface area contributed by atoms with Crippen LogP contribution in [0.3, 0.4) is 0 Å². The van der Waals surface area contributed by atoms with Crippen molar-refractivity contribution in [3.63, 3.8) is 0 Å². The van der Waals surface area contributed by atoms with Crippen LogP contribution in [-0.2, 0) is 6.54 Å². The molecule has 0 spiro atoms. The Morgan fingerprint density at radius 3 is 2.73 bits per heavy atom. The van der Waals surface area contributed by atoms with Crippen molar-refractivity contribution in [1.82, 2.24) is 4.57 Å². The third-order valence-electron chi connectivity index (χ3n) is 2.21. The molecule has 0 N–H and O–H groups in total. The van der Waals surface area contributed by atoms with Crippen molar-refractivity contribution < 1.29 is 0 Å². The maximum atomic E-state index is 8.50. The van der Waals surface area contributed by atoms with Gasteiger partial charge in [0.2, 0.25) is 0 Å². The van der Waals surface area contributed by atoms with Gasteiger partial charge in [-0.1, -0.05) is 30.3 Å². The summed E-state index contributed by atoms with van der Waals surface area (Å²) in [4.78, 5) is 0. The molecule has 2 rings (SSSR count). The Kier molecular flexibility index (Phi) is 2.85. The topological polar surface area (TPSA) is 28.7 Å². The number of hydrogen-bond donors (Lipinski definition) is 0. The Hall–Kier alpha value is -2.01. The average molecular weight is 195 g/mol. The smallest absolute Gasteiger partial charge is 0.0927 e.